The average molecular weight is 592 g/mol. The second-order valence-corrected chi connectivity index (χ2v) is 10.9. The minimum Gasteiger partial charge on any atom is -0.377 e. The molecule has 1 saturated heterocycles. The van der Waals surface area contributed by atoms with Crippen LogP contribution < -0.4 is 15.5 Å². The highest BCUT2D eigenvalue weighted by molar-refractivity contribution is 5.74. The first-order valence-corrected chi connectivity index (χ1v) is 14.4. The largest absolute Gasteiger partial charge is 0.412 e. The minimum atomic E-state index is -4.40. The number of hydrogen-bond donors (Lipinski definition) is 2. The maximum absolute atomic E-state index is 13.3. The summed E-state index contributed by atoms with van der Waals surface area (Å²) in [5.41, 5.74) is 5.20. The summed E-state index contributed by atoms with van der Waals surface area (Å²) in [4.78, 5) is 17.2. The molecule has 43 heavy (non-hydrogen) atoms. The van der Waals surface area contributed by atoms with Crippen molar-refractivity contribution >= 4 is 29.7 Å². The molecule has 228 valence electrons. The van der Waals surface area contributed by atoms with Gasteiger partial charge >= 0.3 is 6.18 Å². The Morgan fingerprint density at radius 3 is 2.51 bits per heavy atom. The molecule has 3 aromatic rings. The molecule has 4 rings (SSSR count). The SMILES string of the molecule is C=NCC/C(=C\CNc1cc(C)cc(-c2ccc(NC3CCN(C(=C)c4ccccc4N(C)C)CC3)nc2)n1)C(F)(F)F. The van der Waals surface area contributed by atoms with Gasteiger partial charge in [0, 0.05) is 80.6 Å². The van der Waals surface area contributed by atoms with Crippen LogP contribution in [-0.4, -0.2) is 74.1 Å². The van der Waals surface area contributed by atoms with Crippen molar-refractivity contribution in [1.29, 1.82) is 0 Å². The maximum Gasteiger partial charge on any atom is 0.412 e. The summed E-state index contributed by atoms with van der Waals surface area (Å²) in [6, 6.07) is 16.3. The van der Waals surface area contributed by atoms with Gasteiger partial charge in [-0.1, -0.05) is 30.9 Å². The van der Waals surface area contributed by atoms with Gasteiger partial charge < -0.3 is 25.4 Å². The van der Waals surface area contributed by atoms with E-state index in [1.54, 1.807) is 12.3 Å². The first kappa shape index (κ1) is 31.6. The number of aliphatic imine (C=N–C) groups is 1. The number of halogens is 3. The van der Waals surface area contributed by atoms with Gasteiger partial charge in [0.15, 0.2) is 0 Å². The van der Waals surface area contributed by atoms with E-state index in [1.807, 2.05) is 45.3 Å². The van der Waals surface area contributed by atoms with Crippen LogP contribution in [0.2, 0.25) is 0 Å². The van der Waals surface area contributed by atoms with Crippen LogP contribution in [0, 0.1) is 6.92 Å². The van der Waals surface area contributed by atoms with Gasteiger partial charge in [0.1, 0.15) is 11.6 Å². The Bertz CT molecular complexity index is 1420. The van der Waals surface area contributed by atoms with E-state index in [-0.39, 0.29) is 19.5 Å². The Labute approximate surface area is 252 Å². The monoisotopic (exact) mass is 591 g/mol. The number of benzene rings is 1. The van der Waals surface area contributed by atoms with Crippen LogP contribution in [0.15, 0.2) is 77.9 Å². The molecular weight excluding hydrogens is 551 g/mol. The van der Waals surface area contributed by atoms with Gasteiger partial charge in [-0.3, -0.25) is 0 Å². The summed E-state index contributed by atoms with van der Waals surface area (Å²) in [5.74, 6) is 1.29. The summed E-state index contributed by atoms with van der Waals surface area (Å²) < 4.78 is 39.8. The van der Waals surface area contributed by atoms with Gasteiger partial charge in [-0.25, -0.2) is 9.97 Å². The van der Waals surface area contributed by atoms with Crippen molar-refractivity contribution in [1.82, 2.24) is 14.9 Å². The summed E-state index contributed by atoms with van der Waals surface area (Å²) in [6.45, 7) is 11.4. The van der Waals surface area contributed by atoms with Gasteiger partial charge in [-0.05, 0) is 68.8 Å². The molecule has 0 radical (unpaired) electrons. The van der Waals surface area contributed by atoms with Crippen LogP contribution >= 0.6 is 0 Å². The molecule has 3 heterocycles. The molecule has 0 amide bonds. The molecule has 2 aromatic heterocycles. The second kappa shape index (κ2) is 14.2. The van der Waals surface area contributed by atoms with Crippen LogP contribution in [0.4, 0.5) is 30.5 Å². The molecule has 10 heteroatoms. The number of aromatic nitrogens is 2. The molecule has 0 saturated carbocycles. The van der Waals surface area contributed by atoms with E-state index in [4.69, 9.17) is 0 Å². The number of anilines is 3. The predicted octanol–water partition coefficient (Wildman–Crippen LogP) is 7.06. The number of nitrogens with zero attached hydrogens (tertiary/aromatic N) is 5. The van der Waals surface area contributed by atoms with Crippen LogP contribution in [-0.2, 0) is 0 Å². The second-order valence-electron chi connectivity index (χ2n) is 10.9. The molecule has 1 fully saturated rings. The van der Waals surface area contributed by atoms with Crippen molar-refractivity contribution in [2.45, 2.75) is 38.4 Å². The molecule has 0 atom stereocenters. The van der Waals surface area contributed by atoms with Gasteiger partial charge in [0.05, 0.1) is 5.69 Å². The van der Waals surface area contributed by atoms with Crippen molar-refractivity contribution in [3.63, 3.8) is 0 Å². The van der Waals surface area contributed by atoms with Gasteiger partial charge in [-0.15, -0.1) is 0 Å². The van der Waals surface area contributed by atoms with E-state index in [0.717, 1.165) is 65.9 Å². The zero-order valence-corrected chi connectivity index (χ0v) is 25.1. The molecule has 0 unspecified atom stereocenters. The molecule has 7 nitrogen and oxygen atoms in total. The van der Waals surface area contributed by atoms with Crippen molar-refractivity contribution in [3.8, 4) is 11.3 Å². The summed E-state index contributed by atoms with van der Waals surface area (Å²) in [6.07, 6.45) is 0.244. The third kappa shape index (κ3) is 8.59. The van der Waals surface area contributed by atoms with Crippen LogP contribution in [0.3, 0.4) is 0 Å². The molecule has 0 bridgehead atoms. The number of para-hydroxylation sites is 1. The number of piperidine rings is 1. The highest BCUT2D eigenvalue weighted by atomic mass is 19.4. The zero-order chi connectivity index (χ0) is 31.0. The Morgan fingerprint density at radius 2 is 1.86 bits per heavy atom. The van der Waals surface area contributed by atoms with Crippen molar-refractivity contribution in [3.05, 3.63) is 84.1 Å². The third-order valence-corrected chi connectivity index (χ3v) is 7.49. The third-order valence-electron chi connectivity index (χ3n) is 7.49. The van der Waals surface area contributed by atoms with E-state index in [0.29, 0.717) is 17.6 Å². The molecule has 0 spiro atoms. The first-order chi connectivity index (χ1) is 20.5. The minimum absolute atomic E-state index is 0.00266. The number of nitrogens with one attached hydrogen (secondary N) is 2. The highest BCUT2D eigenvalue weighted by Gasteiger charge is 2.32. The Morgan fingerprint density at radius 1 is 1.12 bits per heavy atom. The van der Waals surface area contributed by atoms with Crippen molar-refractivity contribution in [2.24, 2.45) is 4.99 Å². The molecule has 1 aromatic carbocycles. The average Bonchev–Trinajstić information content (AvgIpc) is 2.98. The molecule has 1 aliphatic rings. The van der Waals surface area contributed by atoms with Crippen LogP contribution in [0.1, 0.15) is 30.4 Å². The van der Waals surface area contributed by atoms with E-state index in [9.17, 15) is 13.2 Å². The lowest BCUT2D eigenvalue weighted by molar-refractivity contribution is -0.0939. The molecule has 2 N–H and O–H groups in total. The number of pyridine rings is 2. The van der Waals surface area contributed by atoms with Crippen molar-refractivity contribution in [2.75, 3.05) is 55.8 Å². The summed E-state index contributed by atoms with van der Waals surface area (Å²) >= 11 is 0. The molecule has 0 aliphatic carbocycles. The lowest BCUT2D eigenvalue weighted by Gasteiger charge is -2.36. The Kier molecular flexibility index (Phi) is 10.4. The van der Waals surface area contributed by atoms with Gasteiger partial charge in [0.2, 0.25) is 0 Å². The first-order valence-electron chi connectivity index (χ1n) is 14.4. The standard InChI is InChI=1S/C33H40F3N7/c1-23-20-29(41-32(21-23)38-17-13-26(12-16-37-3)33(34,35)36)25-10-11-31(39-22-25)40-27-14-18-43(19-15-27)24(2)28-8-6-7-9-30(28)42(4)5/h6-11,13,20-22,27H,2-3,12,14-19H2,1,4-5H3,(H,38,41)(H,39,40)/b26-13+. The molecular formula is C33H40F3N7. The van der Waals surface area contributed by atoms with Crippen molar-refractivity contribution < 1.29 is 13.2 Å². The van der Waals surface area contributed by atoms with Crippen LogP contribution in [0.25, 0.3) is 17.0 Å². The fraction of sp³-hybridized carbons (Fsp3) is 0.364. The fourth-order valence-electron chi connectivity index (χ4n) is 5.16. The Hall–Kier alpha value is -4.34. The predicted molar refractivity (Wildman–Crippen MR) is 172 cm³/mol. The quantitative estimate of drug-likeness (QED) is 0.174. The number of hydrogen-bond acceptors (Lipinski definition) is 7. The van der Waals surface area contributed by atoms with E-state index in [1.165, 1.54) is 0 Å². The number of likely N-dealkylation sites (tertiary alicyclic amines) is 1. The number of alkyl halides is 3. The van der Waals surface area contributed by atoms with Crippen LogP contribution in [0.5, 0.6) is 0 Å². The summed E-state index contributed by atoms with van der Waals surface area (Å²) in [7, 11) is 4.09. The van der Waals surface area contributed by atoms with E-state index in [2.05, 4.69) is 66.9 Å². The van der Waals surface area contributed by atoms with E-state index < -0.39 is 11.7 Å². The van der Waals surface area contributed by atoms with Gasteiger partial charge in [0.25, 0.3) is 0 Å². The normalized spacial score (nSPS) is 14.4. The van der Waals surface area contributed by atoms with E-state index >= 15 is 0 Å². The Balaban J connectivity index is 1.34. The maximum atomic E-state index is 13.3. The lowest BCUT2D eigenvalue weighted by Crippen LogP contribution is -2.38. The topological polar surface area (TPSA) is 68.7 Å². The fourth-order valence-corrected chi connectivity index (χ4v) is 5.16. The zero-order valence-electron chi connectivity index (χ0n) is 25.1. The molecule has 1 aliphatic heterocycles. The highest BCUT2D eigenvalue weighted by Crippen LogP contribution is 2.30. The van der Waals surface area contributed by atoms with Gasteiger partial charge in [-0.2, -0.15) is 13.2 Å². The lowest BCUT2D eigenvalue weighted by atomic mass is 10.0. The smallest absolute Gasteiger partial charge is 0.377 e. The number of rotatable bonds is 12. The summed E-state index contributed by atoms with van der Waals surface area (Å²) in [5, 5.41) is 6.55. The number of aryl methyl sites for hydroxylation is 1.